The van der Waals surface area contributed by atoms with E-state index in [4.69, 9.17) is 62.3 Å². The van der Waals surface area contributed by atoms with Crippen LogP contribution in [0.1, 0.15) is 11.1 Å². The first-order valence-corrected chi connectivity index (χ1v) is 45.4. The van der Waals surface area contributed by atoms with Gasteiger partial charge in [-0.05, 0) is 69.2 Å². The van der Waals surface area contributed by atoms with Gasteiger partial charge < -0.3 is 62.3 Å². The Bertz CT molecular complexity index is 1590. The van der Waals surface area contributed by atoms with Crippen LogP contribution in [0.5, 0.6) is 0 Å². The molecule has 59 heavy (non-hydrogen) atoms. The third-order valence-electron chi connectivity index (χ3n) is 8.76. The molecule has 15 nitrogen and oxygen atoms in total. The third kappa shape index (κ3) is 14.8. The van der Waals surface area contributed by atoms with E-state index in [1.54, 1.807) is 79.1 Å². The van der Waals surface area contributed by atoms with Crippen LogP contribution in [0.15, 0.2) is 30.5 Å². The van der Waals surface area contributed by atoms with Gasteiger partial charge >= 0.3 is 91.8 Å². The Balaban J connectivity index is 0.000000278. The molecule has 0 aliphatic carbocycles. The first kappa shape index (κ1) is 53.9. The fourth-order valence-corrected chi connectivity index (χ4v) is 55.6. The van der Waals surface area contributed by atoms with Gasteiger partial charge in [0.15, 0.2) is 0 Å². The van der Waals surface area contributed by atoms with Crippen molar-refractivity contribution in [3.63, 3.8) is 0 Å². The van der Waals surface area contributed by atoms with Crippen LogP contribution >= 0.6 is 0 Å². The van der Waals surface area contributed by atoms with Gasteiger partial charge in [-0.1, -0.05) is 5.70 Å². The molecule has 0 saturated carbocycles. The van der Waals surface area contributed by atoms with Gasteiger partial charge in [0, 0.05) is 60.0 Å². The topological polar surface area (TPSA) is 138 Å². The molecule has 4 saturated heterocycles. The number of halogens is 6. The highest BCUT2D eigenvalue weighted by molar-refractivity contribution is 6.99. The van der Waals surface area contributed by atoms with Crippen LogP contribution < -0.4 is 5.19 Å². The van der Waals surface area contributed by atoms with E-state index in [0.717, 1.165) is 12.1 Å². The van der Waals surface area contributed by atoms with Crippen molar-refractivity contribution >= 4 is 112 Å². The van der Waals surface area contributed by atoms with E-state index in [-0.39, 0.29) is 11.3 Å². The predicted molar refractivity (Wildman–Crippen MR) is 231 cm³/mol. The highest BCUT2D eigenvalue weighted by atomic mass is 28.6. The van der Waals surface area contributed by atoms with Crippen molar-refractivity contribution < 1.29 is 88.7 Å². The van der Waals surface area contributed by atoms with E-state index in [1.165, 1.54) is 7.11 Å². The van der Waals surface area contributed by atoms with Crippen LogP contribution in [0.25, 0.3) is 0 Å². The summed E-state index contributed by atoms with van der Waals surface area (Å²) in [6, 6.07) is 1.59. The summed E-state index contributed by atoms with van der Waals surface area (Å²) < 4.78 is 170. The predicted octanol–water partition coefficient (Wildman–Crippen LogP) is 5.42. The number of fused-ring (bicyclic) bond motifs is 4. The maximum Gasteiger partial charge on any atom is 0.475 e. The zero-order chi connectivity index (χ0) is 45.7. The molecule has 0 radical (unpaired) electrons. The average Bonchev–Trinajstić information content (AvgIpc) is 2.99. The molecular formula is C26H58F6O15Si12. The van der Waals surface area contributed by atoms with E-state index in [2.05, 4.69) is 19.7 Å². The molecule has 0 N–H and O–H groups in total. The molecule has 1 aromatic carbocycles. The molecule has 1 aromatic rings. The molecule has 4 aliphatic rings. The average molecular weight is 1060 g/mol. The smallest absolute Gasteiger partial charge is 0.432 e. The van der Waals surface area contributed by atoms with E-state index in [1.807, 2.05) is 12.2 Å². The molecule has 4 fully saturated rings. The molecule has 4 atom stereocenters. The summed E-state index contributed by atoms with van der Waals surface area (Å²) in [4.78, 5) is 0. The second kappa shape index (κ2) is 18.1. The van der Waals surface area contributed by atoms with Crippen molar-refractivity contribution in [2.45, 2.75) is 104 Å². The fourth-order valence-electron chi connectivity index (χ4n) is 6.25. The van der Waals surface area contributed by atoms with E-state index in [9.17, 15) is 26.3 Å². The van der Waals surface area contributed by atoms with Gasteiger partial charge in [0.25, 0.3) is 0 Å². The second-order valence-electron chi connectivity index (χ2n) is 16.0. The Labute approximate surface area is 358 Å². The summed E-state index contributed by atoms with van der Waals surface area (Å²) in [6.45, 7) is 28.6. The second-order valence-corrected chi connectivity index (χ2v) is 51.7. The standard InChI is InChI=1S/C13H18F6O2Si2.C8H28O12Si9.C5H12OSi/c1-20-23(4,5)21-22(2,3)11-7-9(12(14,15)16)6-10(8-11)13(17,18)19;1-22-10-24(3)14-26(5)12-23(2,9-21)13-27(6)15-25(4,11-22)17-28(7,16-24)20-29(8,18-26)19-27;1-5-7(3,4)6-2/h6-8H,1-5H3;22H,1-8,21H3;5H,1H2,2-4H3. The lowest BCUT2D eigenvalue weighted by atomic mass is 10.1. The van der Waals surface area contributed by atoms with Crippen LogP contribution in [0.4, 0.5) is 26.3 Å². The van der Waals surface area contributed by atoms with Crippen molar-refractivity contribution in [3.05, 3.63) is 41.6 Å². The maximum absolute atomic E-state index is 12.9. The first-order chi connectivity index (χ1) is 26.2. The summed E-state index contributed by atoms with van der Waals surface area (Å²) in [6.07, 6.45) is -9.73. The lowest BCUT2D eigenvalue weighted by Crippen LogP contribution is -2.81. The summed E-state index contributed by atoms with van der Waals surface area (Å²) >= 11 is 0. The molecule has 4 aliphatic heterocycles. The number of rotatable bonds is 7. The van der Waals surface area contributed by atoms with Gasteiger partial charge in [-0.25, -0.2) is 0 Å². The Hall–Kier alpha value is 0.543. The molecule has 4 unspecified atom stereocenters. The molecular weight excluding hydrogens is 1000 g/mol. The quantitative estimate of drug-likeness (QED) is 0.254. The maximum atomic E-state index is 12.9. The van der Waals surface area contributed by atoms with Crippen molar-refractivity contribution in [2.24, 2.45) is 0 Å². The van der Waals surface area contributed by atoms with Crippen molar-refractivity contribution in [1.82, 2.24) is 0 Å². The Kier molecular flexibility index (Phi) is 16.5. The molecule has 0 aromatic heterocycles. The van der Waals surface area contributed by atoms with Crippen molar-refractivity contribution in [2.75, 3.05) is 14.2 Å². The zero-order valence-corrected chi connectivity index (χ0v) is 49.6. The van der Waals surface area contributed by atoms with Crippen molar-refractivity contribution in [3.8, 4) is 0 Å². The SMILES string of the molecule is C=C[Si](C)(C)OC.CO[Si](C)(C)O[Si](C)(C)c1cc(C(F)(F)F)cc(C(F)(F)F)c1.C[SiH]1O[Si]2(C)O[Si]3(C)O[Si](C)(O[SiH3])O[Si]4(C)O[Si](C)(O1)O[Si](C)(O2)O[Si](C)(O3)O4. The number of hydrogen-bond acceptors (Lipinski definition) is 15. The first-order valence-electron chi connectivity index (χ1n) is 18.2. The van der Waals surface area contributed by atoms with Gasteiger partial charge in [-0.3, -0.25) is 0 Å². The minimum Gasteiger partial charge on any atom is -0.432 e. The Morgan fingerprint density at radius 3 is 1.22 bits per heavy atom. The number of hydrogen-bond donors (Lipinski definition) is 0. The van der Waals surface area contributed by atoms with Crippen LogP contribution in [0, 0.1) is 0 Å². The van der Waals surface area contributed by atoms with Crippen LogP contribution in [-0.4, -0.2) is 121 Å². The monoisotopic (exact) mass is 1060 g/mol. The molecule has 4 heterocycles. The van der Waals surface area contributed by atoms with E-state index < -0.39 is 120 Å². The van der Waals surface area contributed by atoms with Gasteiger partial charge in [0.1, 0.15) is 10.5 Å². The molecule has 342 valence electrons. The summed E-state index contributed by atoms with van der Waals surface area (Å²) in [5.41, 5.74) is -0.751. The van der Waals surface area contributed by atoms with E-state index in [0.29, 0.717) is 10.5 Å². The van der Waals surface area contributed by atoms with Gasteiger partial charge in [-0.15, -0.1) is 6.58 Å². The highest BCUT2D eigenvalue weighted by Gasteiger charge is 2.73. The molecule has 5 rings (SSSR count). The van der Waals surface area contributed by atoms with Crippen molar-refractivity contribution in [1.29, 1.82) is 0 Å². The molecule has 0 amide bonds. The van der Waals surface area contributed by atoms with Gasteiger partial charge in [0.05, 0.1) is 11.1 Å². The largest absolute Gasteiger partial charge is 0.475 e. The number of alkyl halides is 6. The summed E-state index contributed by atoms with van der Waals surface area (Å²) in [7, 11) is -29.3. The normalized spacial score (nSPS) is 36.7. The van der Waals surface area contributed by atoms with Gasteiger partial charge in [0.2, 0.25) is 16.6 Å². The third-order valence-corrected chi connectivity index (χ3v) is 53.2. The summed E-state index contributed by atoms with van der Waals surface area (Å²) in [5.74, 6) is 0. The van der Waals surface area contributed by atoms with E-state index >= 15 is 0 Å². The van der Waals surface area contributed by atoms with Crippen LogP contribution in [-0.2, 0) is 74.7 Å². The summed E-state index contributed by atoms with van der Waals surface area (Å²) in [5, 5.41) is -0.0720. The Morgan fingerprint density at radius 1 is 0.610 bits per heavy atom. The fraction of sp³-hybridized carbons (Fsp3) is 0.692. The van der Waals surface area contributed by atoms with Gasteiger partial charge in [-0.2, -0.15) is 26.3 Å². The lowest BCUT2D eigenvalue weighted by Gasteiger charge is -2.56. The molecule has 0 spiro atoms. The van der Waals surface area contributed by atoms with Crippen LogP contribution in [0.3, 0.4) is 0 Å². The minimum atomic E-state index is -4.87. The molecule has 33 heteroatoms. The van der Waals surface area contributed by atoms with Crippen LogP contribution in [0.2, 0.25) is 91.7 Å². The zero-order valence-electron chi connectivity index (χ0n) is 36.5. The minimum absolute atomic E-state index is 0.0720. The lowest BCUT2D eigenvalue weighted by molar-refractivity contribution is -0.143. The number of benzene rings is 1. The molecule has 6 bridgehead atoms. The Morgan fingerprint density at radius 2 is 0.949 bits per heavy atom. The highest BCUT2D eigenvalue weighted by Crippen LogP contribution is 2.44.